The van der Waals surface area contributed by atoms with Gasteiger partial charge in [-0.3, -0.25) is 4.90 Å². The summed E-state index contributed by atoms with van der Waals surface area (Å²) in [5.41, 5.74) is 0.900. The summed E-state index contributed by atoms with van der Waals surface area (Å²) in [6.07, 6.45) is 3.77. The van der Waals surface area contributed by atoms with Gasteiger partial charge in [-0.1, -0.05) is 6.42 Å². The van der Waals surface area contributed by atoms with Gasteiger partial charge in [0.1, 0.15) is 5.75 Å². The van der Waals surface area contributed by atoms with Crippen molar-refractivity contribution in [2.24, 2.45) is 0 Å². The van der Waals surface area contributed by atoms with Gasteiger partial charge in [0.25, 0.3) is 4.84 Å². The van der Waals surface area contributed by atoms with Gasteiger partial charge < -0.3 is 9.15 Å². The van der Waals surface area contributed by atoms with Crippen LogP contribution in [0.3, 0.4) is 0 Å². The maximum absolute atomic E-state index is 5.65. The van der Waals surface area contributed by atoms with E-state index in [1.807, 2.05) is 24.3 Å². The van der Waals surface area contributed by atoms with E-state index in [9.17, 15) is 0 Å². The fourth-order valence-corrected chi connectivity index (χ4v) is 2.96. The number of rotatable bonds is 4. The van der Waals surface area contributed by atoms with Crippen molar-refractivity contribution in [2.75, 3.05) is 13.7 Å². The van der Waals surface area contributed by atoms with Crippen molar-refractivity contribution in [1.29, 1.82) is 0 Å². The van der Waals surface area contributed by atoms with Crippen LogP contribution in [-0.4, -0.2) is 34.4 Å². The molecule has 1 aromatic carbocycles. The first kappa shape index (κ1) is 15.2. The van der Waals surface area contributed by atoms with Gasteiger partial charge >= 0.3 is 0 Å². The number of nitrogens with zero attached hydrogens (tertiary/aromatic N) is 3. The van der Waals surface area contributed by atoms with E-state index >= 15 is 0 Å². The third-order valence-electron chi connectivity index (χ3n) is 4.20. The Bertz CT molecular complexity index is 677. The van der Waals surface area contributed by atoms with Crippen molar-refractivity contribution in [3.05, 3.63) is 29.1 Å². The minimum atomic E-state index is 0.420. The lowest BCUT2D eigenvalue weighted by Crippen LogP contribution is -2.38. The smallest absolute Gasteiger partial charge is 0.288 e. The second kappa shape index (κ2) is 6.62. The Kier molecular flexibility index (Phi) is 4.59. The molecule has 22 heavy (non-hydrogen) atoms. The highest BCUT2D eigenvalue weighted by Gasteiger charge is 2.19. The average molecular weight is 319 g/mol. The van der Waals surface area contributed by atoms with Gasteiger partial charge in [-0.05, 0) is 56.2 Å². The lowest BCUT2D eigenvalue weighted by atomic mass is 10.0. The maximum Gasteiger partial charge on any atom is 0.288 e. The van der Waals surface area contributed by atoms with Crippen LogP contribution in [0.2, 0.25) is 0 Å². The molecule has 0 aliphatic carbocycles. The Morgan fingerprint density at radius 2 is 2.09 bits per heavy atom. The van der Waals surface area contributed by atoms with E-state index < -0.39 is 0 Å². The largest absolute Gasteiger partial charge is 0.497 e. The Hall–Kier alpha value is -1.66. The molecule has 0 N–H and O–H groups in total. The zero-order valence-electron chi connectivity index (χ0n) is 13.0. The summed E-state index contributed by atoms with van der Waals surface area (Å²) in [6.45, 7) is 4.04. The fraction of sp³-hybridized carbons (Fsp3) is 0.500. The normalized spacial score (nSPS) is 19.3. The lowest BCUT2D eigenvalue weighted by Gasteiger charge is -2.32. The third-order valence-corrected chi connectivity index (χ3v) is 4.49. The second-order valence-corrected chi connectivity index (χ2v) is 6.05. The molecule has 1 aliphatic heterocycles. The summed E-state index contributed by atoms with van der Waals surface area (Å²) in [5, 5.41) is 4.53. The number of ether oxygens (including phenoxy) is 1. The first-order valence-corrected chi connectivity index (χ1v) is 8.04. The highest BCUT2D eigenvalue weighted by molar-refractivity contribution is 7.71. The molecule has 0 bridgehead atoms. The molecule has 1 aliphatic rings. The van der Waals surface area contributed by atoms with Crippen molar-refractivity contribution in [3.63, 3.8) is 0 Å². The maximum atomic E-state index is 5.65. The van der Waals surface area contributed by atoms with Crippen LogP contribution in [0.1, 0.15) is 26.2 Å². The van der Waals surface area contributed by atoms with Crippen LogP contribution in [0, 0.1) is 4.84 Å². The molecule has 1 fully saturated rings. The third kappa shape index (κ3) is 3.23. The van der Waals surface area contributed by atoms with Crippen molar-refractivity contribution in [3.8, 4) is 17.2 Å². The molecule has 118 valence electrons. The van der Waals surface area contributed by atoms with Gasteiger partial charge in [0, 0.05) is 18.2 Å². The molecule has 2 aromatic rings. The quantitative estimate of drug-likeness (QED) is 0.804. The Labute approximate surface area is 135 Å². The lowest BCUT2D eigenvalue weighted by molar-refractivity contribution is 0.113. The molecule has 5 nitrogen and oxygen atoms in total. The molecule has 1 saturated heterocycles. The number of benzene rings is 1. The molecule has 2 heterocycles. The molecule has 6 heteroatoms. The summed E-state index contributed by atoms with van der Waals surface area (Å²) >= 11 is 5.31. The minimum Gasteiger partial charge on any atom is -0.497 e. The molecule has 0 unspecified atom stereocenters. The number of aromatic nitrogens is 2. The van der Waals surface area contributed by atoms with E-state index in [1.54, 1.807) is 11.8 Å². The van der Waals surface area contributed by atoms with Gasteiger partial charge in [0.05, 0.1) is 13.8 Å². The number of methoxy groups -OCH3 is 1. The monoisotopic (exact) mass is 319 g/mol. The van der Waals surface area contributed by atoms with Crippen molar-refractivity contribution in [2.45, 2.75) is 38.9 Å². The molecule has 0 radical (unpaired) electrons. The van der Waals surface area contributed by atoms with Crippen LogP contribution in [0.5, 0.6) is 5.75 Å². The summed E-state index contributed by atoms with van der Waals surface area (Å²) in [7, 11) is 1.65. The Morgan fingerprint density at radius 1 is 1.32 bits per heavy atom. The summed E-state index contributed by atoms with van der Waals surface area (Å²) in [5.74, 6) is 1.36. The van der Waals surface area contributed by atoms with Gasteiger partial charge in [-0.2, -0.15) is 0 Å². The molecule has 3 rings (SSSR count). The van der Waals surface area contributed by atoms with E-state index in [0.29, 0.717) is 23.4 Å². The van der Waals surface area contributed by atoms with E-state index in [4.69, 9.17) is 21.4 Å². The van der Waals surface area contributed by atoms with E-state index in [1.165, 1.54) is 19.3 Å². The van der Waals surface area contributed by atoms with E-state index in [2.05, 4.69) is 16.9 Å². The highest BCUT2D eigenvalue weighted by Crippen LogP contribution is 2.22. The first-order chi connectivity index (χ1) is 10.7. The Balaban J connectivity index is 1.79. The average Bonchev–Trinajstić information content (AvgIpc) is 2.91. The van der Waals surface area contributed by atoms with Crippen LogP contribution in [0.25, 0.3) is 11.5 Å². The number of hydrogen-bond acceptors (Lipinski definition) is 5. The summed E-state index contributed by atoms with van der Waals surface area (Å²) in [4.78, 5) is 2.82. The molecular formula is C16H21N3O2S. The summed E-state index contributed by atoms with van der Waals surface area (Å²) < 4.78 is 12.6. The molecule has 0 saturated carbocycles. The van der Waals surface area contributed by atoms with Crippen LogP contribution in [0.4, 0.5) is 0 Å². The van der Waals surface area contributed by atoms with Crippen molar-refractivity contribution >= 4 is 12.2 Å². The number of hydrogen-bond donors (Lipinski definition) is 0. The molecule has 0 amide bonds. The molecular weight excluding hydrogens is 298 g/mol. The van der Waals surface area contributed by atoms with E-state index in [-0.39, 0.29) is 0 Å². The van der Waals surface area contributed by atoms with Crippen LogP contribution >= 0.6 is 12.2 Å². The van der Waals surface area contributed by atoms with Crippen molar-refractivity contribution in [1.82, 2.24) is 14.7 Å². The number of likely N-dealkylation sites (tertiary alicyclic amines) is 1. The minimum absolute atomic E-state index is 0.420. The zero-order valence-corrected chi connectivity index (χ0v) is 13.8. The topological polar surface area (TPSA) is 43.4 Å². The van der Waals surface area contributed by atoms with E-state index in [0.717, 1.165) is 17.9 Å². The first-order valence-electron chi connectivity index (χ1n) is 7.64. The second-order valence-electron chi connectivity index (χ2n) is 5.70. The van der Waals surface area contributed by atoms with Crippen LogP contribution < -0.4 is 4.74 Å². The standard InChI is InChI=1S/C16H21N3O2S/c1-12-5-3-4-10-18(12)11-19-16(22)21-15(17-19)13-6-8-14(20-2)9-7-13/h6-9,12H,3-5,10-11H2,1-2H3/t12-/m1/s1. The number of piperidine rings is 1. The van der Waals surface area contributed by atoms with Gasteiger partial charge in [-0.25, -0.2) is 4.68 Å². The van der Waals surface area contributed by atoms with Crippen LogP contribution in [0.15, 0.2) is 28.7 Å². The Morgan fingerprint density at radius 3 is 2.77 bits per heavy atom. The molecule has 1 aromatic heterocycles. The highest BCUT2D eigenvalue weighted by atomic mass is 32.1. The van der Waals surface area contributed by atoms with Gasteiger partial charge in [0.15, 0.2) is 0 Å². The molecule has 1 atom stereocenters. The van der Waals surface area contributed by atoms with Gasteiger partial charge in [0.2, 0.25) is 5.89 Å². The van der Waals surface area contributed by atoms with Gasteiger partial charge in [-0.15, -0.1) is 5.10 Å². The predicted molar refractivity (Wildman–Crippen MR) is 87.3 cm³/mol. The zero-order chi connectivity index (χ0) is 15.5. The van der Waals surface area contributed by atoms with Crippen LogP contribution in [-0.2, 0) is 6.67 Å². The van der Waals surface area contributed by atoms with Crippen molar-refractivity contribution < 1.29 is 9.15 Å². The predicted octanol–water partition coefficient (Wildman–Crippen LogP) is 3.71. The summed E-state index contributed by atoms with van der Waals surface area (Å²) in [6, 6.07) is 8.19. The SMILES string of the molecule is COc1ccc(-c2nn(CN3CCCC[C@H]3C)c(=S)o2)cc1. The fourth-order valence-electron chi connectivity index (χ4n) is 2.79. The molecule has 0 spiro atoms.